The number of amides is 1. The molecule has 0 radical (unpaired) electrons. The summed E-state index contributed by atoms with van der Waals surface area (Å²) in [5.74, 6) is 0.369. The predicted molar refractivity (Wildman–Crippen MR) is 141 cm³/mol. The Morgan fingerprint density at radius 3 is 2.36 bits per heavy atom. The highest BCUT2D eigenvalue weighted by Gasteiger charge is 2.38. The molecule has 8 heteroatoms. The van der Waals surface area contributed by atoms with Crippen LogP contribution in [0.25, 0.3) is 0 Å². The fourth-order valence-corrected chi connectivity index (χ4v) is 6.08. The smallest absolute Gasteiger partial charge is 0.420 e. The average molecular weight is 508 g/mol. The number of ether oxygens (including phenoxy) is 1. The van der Waals surface area contributed by atoms with E-state index in [9.17, 15) is 13.2 Å². The summed E-state index contributed by atoms with van der Waals surface area (Å²) in [5, 5.41) is 0. The van der Waals surface area contributed by atoms with Crippen LogP contribution in [0.1, 0.15) is 57.2 Å². The molecule has 1 aliphatic rings. The summed E-state index contributed by atoms with van der Waals surface area (Å²) in [7, 11) is -3.76. The molecule has 190 valence electrons. The number of para-hydroxylation sites is 1. The number of carbonyl (C=O) groups excluding carboxylic acids is 1. The Bertz CT molecular complexity index is 1300. The van der Waals surface area contributed by atoms with Gasteiger partial charge in [0, 0.05) is 18.3 Å². The molecule has 1 saturated heterocycles. The number of aryl methyl sites for hydroxylation is 1. The Morgan fingerprint density at radius 1 is 1.00 bits per heavy atom. The van der Waals surface area contributed by atoms with Crippen molar-refractivity contribution in [1.82, 2.24) is 9.29 Å². The van der Waals surface area contributed by atoms with E-state index >= 15 is 0 Å². The van der Waals surface area contributed by atoms with Crippen LogP contribution in [-0.2, 0) is 14.8 Å². The lowest BCUT2D eigenvalue weighted by molar-refractivity contribution is 0.0597. The summed E-state index contributed by atoms with van der Waals surface area (Å²) in [4.78, 5) is 19.7. The van der Waals surface area contributed by atoms with Crippen LogP contribution in [0, 0.1) is 6.92 Å². The van der Waals surface area contributed by atoms with Crippen LogP contribution >= 0.6 is 0 Å². The lowest BCUT2D eigenvalue weighted by atomic mass is 9.97. The number of rotatable bonds is 5. The fourth-order valence-electron chi connectivity index (χ4n) is 4.40. The molecule has 0 aliphatic carbocycles. The van der Waals surface area contributed by atoms with Crippen LogP contribution in [0.15, 0.2) is 77.8 Å². The number of nitrogens with zero attached hydrogens (tertiary/aromatic N) is 3. The molecule has 1 aliphatic heterocycles. The van der Waals surface area contributed by atoms with Crippen molar-refractivity contribution < 1.29 is 17.9 Å². The summed E-state index contributed by atoms with van der Waals surface area (Å²) in [5.41, 5.74) is 1.54. The van der Waals surface area contributed by atoms with E-state index in [1.54, 1.807) is 40.8 Å². The molecule has 2 aromatic carbocycles. The van der Waals surface area contributed by atoms with Crippen molar-refractivity contribution in [1.29, 1.82) is 0 Å². The topological polar surface area (TPSA) is 79.8 Å². The first-order valence-corrected chi connectivity index (χ1v) is 13.6. The number of hydrogen-bond donors (Lipinski definition) is 0. The fraction of sp³-hybridized carbons (Fsp3) is 0.357. The van der Waals surface area contributed by atoms with E-state index in [0.29, 0.717) is 30.0 Å². The van der Waals surface area contributed by atoms with E-state index in [2.05, 4.69) is 4.98 Å². The van der Waals surface area contributed by atoms with E-state index in [4.69, 9.17) is 4.74 Å². The number of anilines is 2. The molecule has 1 amide bonds. The van der Waals surface area contributed by atoms with Gasteiger partial charge in [-0.15, -0.1) is 0 Å². The average Bonchev–Trinajstić information content (AvgIpc) is 2.84. The number of pyridine rings is 1. The molecule has 0 saturated carbocycles. The maximum atomic E-state index is 13.8. The maximum Gasteiger partial charge on any atom is 0.420 e. The van der Waals surface area contributed by atoms with E-state index in [0.717, 1.165) is 18.4 Å². The minimum absolute atomic E-state index is 0.262. The minimum atomic E-state index is -3.76. The van der Waals surface area contributed by atoms with Crippen LogP contribution in [-0.4, -0.2) is 35.9 Å². The maximum absolute atomic E-state index is 13.8. The van der Waals surface area contributed by atoms with Crippen molar-refractivity contribution in [2.24, 2.45) is 0 Å². The molecule has 0 bridgehead atoms. The van der Waals surface area contributed by atoms with Crippen molar-refractivity contribution in [2.45, 2.75) is 63.5 Å². The molecule has 1 fully saturated rings. The molecule has 2 heterocycles. The zero-order chi connectivity index (χ0) is 25.9. The van der Waals surface area contributed by atoms with E-state index in [1.165, 1.54) is 4.90 Å². The second-order valence-corrected chi connectivity index (χ2v) is 11.9. The number of benzene rings is 2. The highest BCUT2D eigenvalue weighted by molar-refractivity contribution is 7.89. The Balaban J connectivity index is 1.81. The van der Waals surface area contributed by atoms with Gasteiger partial charge in [-0.2, -0.15) is 4.31 Å². The number of carbonyl (C=O) groups is 1. The quantitative estimate of drug-likeness (QED) is 0.400. The monoisotopic (exact) mass is 507 g/mol. The summed E-state index contributed by atoms with van der Waals surface area (Å²) < 4.78 is 34.8. The summed E-state index contributed by atoms with van der Waals surface area (Å²) >= 11 is 0. The molecule has 7 nitrogen and oxygen atoms in total. The third kappa shape index (κ3) is 5.60. The minimum Gasteiger partial charge on any atom is -0.443 e. The Labute approximate surface area is 213 Å². The van der Waals surface area contributed by atoms with Crippen LogP contribution in [0.3, 0.4) is 0 Å². The van der Waals surface area contributed by atoms with Crippen LogP contribution in [0.5, 0.6) is 0 Å². The number of aromatic nitrogens is 1. The number of piperidine rings is 1. The molecule has 1 atom stereocenters. The van der Waals surface area contributed by atoms with Gasteiger partial charge in [-0.1, -0.05) is 48.4 Å². The number of sulfonamides is 1. The lowest BCUT2D eigenvalue weighted by Crippen LogP contribution is -2.40. The largest absolute Gasteiger partial charge is 0.443 e. The first-order valence-electron chi connectivity index (χ1n) is 12.2. The van der Waals surface area contributed by atoms with Crippen molar-refractivity contribution in [3.63, 3.8) is 0 Å². The number of hydrogen-bond acceptors (Lipinski definition) is 5. The predicted octanol–water partition coefficient (Wildman–Crippen LogP) is 6.38. The zero-order valence-corrected chi connectivity index (χ0v) is 22.0. The Kier molecular flexibility index (Phi) is 7.47. The lowest BCUT2D eigenvalue weighted by Gasteiger charge is -2.37. The highest BCUT2D eigenvalue weighted by Crippen LogP contribution is 2.40. The first kappa shape index (κ1) is 25.9. The zero-order valence-electron chi connectivity index (χ0n) is 21.2. The summed E-state index contributed by atoms with van der Waals surface area (Å²) in [6.07, 6.45) is 3.31. The molecule has 1 aromatic heterocycles. The van der Waals surface area contributed by atoms with Crippen molar-refractivity contribution >= 4 is 27.6 Å². The molecule has 0 N–H and O–H groups in total. The Hall–Kier alpha value is -3.23. The second-order valence-electron chi connectivity index (χ2n) is 10.0. The van der Waals surface area contributed by atoms with Gasteiger partial charge in [0.15, 0.2) is 0 Å². The first-order chi connectivity index (χ1) is 17.1. The van der Waals surface area contributed by atoms with Gasteiger partial charge < -0.3 is 4.74 Å². The second kappa shape index (κ2) is 10.4. The molecule has 3 aromatic rings. The van der Waals surface area contributed by atoms with Crippen LogP contribution < -0.4 is 4.90 Å². The van der Waals surface area contributed by atoms with Crippen molar-refractivity contribution in [3.05, 3.63) is 84.1 Å². The van der Waals surface area contributed by atoms with E-state index in [-0.39, 0.29) is 4.90 Å². The van der Waals surface area contributed by atoms with Crippen LogP contribution in [0.4, 0.5) is 16.3 Å². The standard InChI is InChI=1S/C28H33N3O4S/c1-21-15-17-23(18-16-21)36(33,34)30-20-9-8-14-25(30)24-13-10-19-29-26(24)31(22-11-6-5-7-12-22)27(32)35-28(2,3)4/h5-7,10-13,15-19,25H,8-9,14,20H2,1-4H3/t25-/m0/s1. The third-order valence-electron chi connectivity index (χ3n) is 6.06. The van der Waals surface area contributed by atoms with E-state index < -0.39 is 27.8 Å². The van der Waals surface area contributed by atoms with Gasteiger partial charge in [-0.05, 0) is 70.9 Å². The SMILES string of the molecule is Cc1ccc(S(=O)(=O)N2CCCC[C@H]2c2cccnc2N(C(=O)OC(C)(C)C)c2ccccc2)cc1. The molecular formula is C28H33N3O4S. The van der Waals surface area contributed by atoms with Gasteiger partial charge in [0.1, 0.15) is 11.4 Å². The van der Waals surface area contributed by atoms with Crippen LogP contribution in [0.2, 0.25) is 0 Å². The molecule has 0 spiro atoms. The summed E-state index contributed by atoms with van der Waals surface area (Å²) in [6, 6.07) is 19.2. The molecule has 4 rings (SSSR count). The van der Waals surface area contributed by atoms with Gasteiger partial charge >= 0.3 is 6.09 Å². The van der Waals surface area contributed by atoms with Crippen molar-refractivity contribution in [3.8, 4) is 0 Å². The summed E-state index contributed by atoms with van der Waals surface area (Å²) in [6.45, 7) is 7.75. The molecular weight excluding hydrogens is 474 g/mol. The normalized spacial score (nSPS) is 16.9. The molecule has 36 heavy (non-hydrogen) atoms. The molecule has 0 unspecified atom stereocenters. The van der Waals surface area contributed by atoms with Gasteiger partial charge in [0.2, 0.25) is 10.0 Å². The van der Waals surface area contributed by atoms with Crippen molar-refractivity contribution in [2.75, 3.05) is 11.4 Å². The van der Waals surface area contributed by atoms with E-state index in [1.807, 2.05) is 64.1 Å². The third-order valence-corrected chi connectivity index (χ3v) is 7.98. The van der Waals surface area contributed by atoms with Gasteiger partial charge in [0.25, 0.3) is 0 Å². The highest BCUT2D eigenvalue weighted by atomic mass is 32.2. The van der Waals surface area contributed by atoms with Gasteiger partial charge in [0.05, 0.1) is 16.6 Å². The van der Waals surface area contributed by atoms with Gasteiger partial charge in [-0.25, -0.2) is 23.1 Å². The Morgan fingerprint density at radius 2 is 1.69 bits per heavy atom. The van der Waals surface area contributed by atoms with Gasteiger partial charge in [-0.3, -0.25) is 0 Å².